The third-order valence-corrected chi connectivity index (χ3v) is 3.10. The third kappa shape index (κ3) is 12.3. The highest BCUT2D eigenvalue weighted by Gasteiger charge is 2.20. The minimum Gasteiger partial charge on any atom is -0.366 e. The van der Waals surface area contributed by atoms with Crippen molar-refractivity contribution in [3.8, 4) is 0 Å². The Morgan fingerprint density at radius 1 is 1.21 bits per heavy atom. The van der Waals surface area contributed by atoms with Crippen molar-refractivity contribution in [2.75, 3.05) is 6.54 Å². The first-order chi connectivity index (χ1) is 8.89. The molecule has 0 aliphatic rings. The summed E-state index contributed by atoms with van der Waals surface area (Å²) in [5.41, 5.74) is 5.98. The van der Waals surface area contributed by atoms with Crippen molar-refractivity contribution in [1.29, 1.82) is 5.41 Å². The molecule has 0 aromatic carbocycles. The highest BCUT2D eigenvalue weighted by atomic mass is 16.6. The summed E-state index contributed by atoms with van der Waals surface area (Å²) in [5.74, 6) is -1.10. The number of unbranched alkanes of at least 4 members (excludes halogenated alkanes) is 4. The van der Waals surface area contributed by atoms with Gasteiger partial charge < -0.3 is 21.0 Å². The van der Waals surface area contributed by atoms with Gasteiger partial charge in [-0.05, 0) is 33.1 Å². The smallest absolute Gasteiger partial charge is 0.160 e. The van der Waals surface area contributed by atoms with E-state index in [0.29, 0.717) is 18.7 Å². The Morgan fingerprint density at radius 3 is 2.37 bits per heavy atom. The first-order valence-corrected chi connectivity index (χ1v) is 7.55. The molecule has 0 bridgehead atoms. The van der Waals surface area contributed by atoms with Gasteiger partial charge in [0.25, 0.3) is 0 Å². The predicted molar refractivity (Wildman–Crippen MR) is 80.6 cm³/mol. The SMILES string of the molecule is CCCCCCCC(CCC(=N)CN)OC(C)(C)O. The molecule has 1 atom stereocenters. The van der Waals surface area contributed by atoms with Gasteiger partial charge in [0, 0.05) is 12.3 Å². The van der Waals surface area contributed by atoms with E-state index in [1.54, 1.807) is 13.8 Å². The number of hydrogen-bond acceptors (Lipinski definition) is 4. The molecular weight excluding hydrogens is 240 g/mol. The molecule has 0 amide bonds. The van der Waals surface area contributed by atoms with Crippen LogP contribution in [0.5, 0.6) is 0 Å². The van der Waals surface area contributed by atoms with E-state index in [-0.39, 0.29) is 6.10 Å². The molecule has 0 aromatic heterocycles. The van der Waals surface area contributed by atoms with Crippen LogP contribution in [0.3, 0.4) is 0 Å². The Balaban J connectivity index is 4.00. The maximum atomic E-state index is 9.75. The number of ether oxygens (including phenoxy) is 1. The van der Waals surface area contributed by atoms with E-state index in [0.717, 1.165) is 19.3 Å². The van der Waals surface area contributed by atoms with Gasteiger partial charge in [-0.1, -0.05) is 39.0 Å². The molecule has 114 valence electrons. The standard InChI is InChI=1S/C15H32N2O2/c1-4-5-6-7-8-9-14(19-15(2,3)18)11-10-13(17)12-16/h14,17-18H,4-12,16H2,1-3H3. The second-order valence-electron chi connectivity index (χ2n) is 5.74. The fourth-order valence-corrected chi connectivity index (χ4v) is 2.08. The molecule has 0 radical (unpaired) electrons. The van der Waals surface area contributed by atoms with Gasteiger partial charge in [-0.2, -0.15) is 0 Å². The zero-order valence-electron chi connectivity index (χ0n) is 12.9. The van der Waals surface area contributed by atoms with Gasteiger partial charge >= 0.3 is 0 Å². The lowest BCUT2D eigenvalue weighted by molar-refractivity contribution is -0.207. The van der Waals surface area contributed by atoms with Crippen LogP contribution in [0.15, 0.2) is 0 Å². The van der Waals surface area contributed by atoms with Crippen molar-refractivity contribution < 1.29 is 9.84 Å². The van der Waals surface area contributed by atoms with E-state index in [4.69, 9.17) is 15.9 Å². The molecule has 1 unspecified atom stereocenters. The van der Waals surface area contributed by atoms with Gasteiger partial charge in [0.05, 0.1) is 6.10 Å². The molecule has 4 heteroatoms. The Hall–Kier alpha value is -0.450. The lowest BCUT2D eigenvalue weighted by Gasteiger charge is -2.26. The van der Waals surface area contributed by atoms with Crippen molar-refractivity contribution in [1.82, 2.24) is 0 Å². The van der Waals surface area contributed by atoms with E-state index in [1.165, 1.54) is 25.7 Å². The molecule has 0 fully saturated rings. The monoisotopic (exact) mass is 272 g/mol. The summed E-state index contributed by atoms with van der Waals surface area (Å²) >= 11 is 0. The van der Waals surface area contributed by atoms with Crippen molar-refractivity contribution >= 4 is 5.71 Å². The highest BCUT2D eigenvalue weighted by Crippen LogP contribution is 2.18. The average molecular weight is 272 g/mol. The van der Waals surface area contributed by atoms with Crippen LogP contribution in [0, 0.1) is 5.41 Å². The van der Waals surface area contributed by atoms with E-state index < -0.39 is 5.79 Å². The maximum absolute atomic E-state index is 9.75. The first-order valence-electron chi connectivity index (χ1n) is 7.55. The van der Waals surface area contributed by atoms with Gasteiger partial charge in [0.15, 0.2) is 5.79 Å². The summed E-state index contributed by atoms with van der Waals surface area (Å²) in [6.45, 7) is 5.83. The van der Waals surface area contributed by atoms with Crippen molar-refractivity contribution in [2.24, 2.45) is 5.73 Å². The Labute approximate surface area is 118 Å². The highest BCUT2D eigenvalue weighted by molar-refractivity contribution is 5.83. The lowest BCUT2D eigenvalue weighted by Crippen LogP contribution is -2.31. The van der Waals surface area contributed by atoms with Crippen molar-refractivity contribution in [3.05, 3.63) is 0 Å². The van der Waals surface area contributed by atoms with E-state index in [2.05, 4.69) is 6.92 Å². The molecule has 0 aliphatic carbocycles. The number of hydrogen-bond donors (Lipinski definition) is 3. The molecule has 4 nitrogen and oxygen atoms in total. The summed E-state index contributed by atoms with van der Waals surface area (Å²) in [4.78, 5) is 0. The molecule has 0 saturated heterocycles. The van der Waals surface area contributed by atoms with Crippen LogP contribution in [0.1, 0.15) is 72.1 Å². The summed E-state index contributed by atoms with van der Waals surface area (Å²) in [6, 6.07) is 0. The summed E-state index contributed by atoms with van der Waals surface area (Å²) in [6.07, 6.45) is 8.54. The van der Waals surface area contributed by atoms with Gasteiger partial charge in [-0.15, -0.1) is 0 Å². The Morgan fingerprint density at radius 2 is 1.84 bits per heavy atom. The first kappa shape index (κ1) is 18.6. The molecule has 19 heavy (non-hydrogen) atoms. The molecule has 0 aliphatic heterocycles. The minimum absolute atomic E-state index is 0.0218. The maximum Gasteiger partial charge on any atom is 0.160 e. The molecule has 0 aromatic rings. The molecule has 0 saturated carbocycles. The number of aliphatic hydroxyl groups is 1. The van der Waals surface area contributed by atoms with Crippen LogP contribution in [0.2, 0.25) is 0 Å². The summed E-state index contributed by atoms with van der Waals surface area (Å²) in [5, 5.41) is 17.3. The molecule has 0 heterocycles. The van der Waals surface area contributed by atoms with Gasteiger partial charge in [0.1, 0.15) is 0 Å². The van der Waals surface area contributed by atoms with Crippen LogP contribution in [0.4, 0.5) is 0 Å². The second kappa shape index (κ2) is 10.4. The number of nitrogens with two attached hydrogens (primary N) is 1. The minimum atomic E-state index is -1.10. The largest absolute Gasteiger partial charge is 0.366 e. The van der Waals surface area contributed by atoms with Crippen molar-refractivity contribution in [2.45, 2.75) is 84.0 Å². The third-order valence-electron chi connectivity index (χ3n) is 3.10. The van der Waals surface area contributed by atoms with E-state index >= 15 is 0 Å². The Kier molecular flexibility index (Phi) is 10.1. The topological polar surface area (TPSA) is 79.3 Å². The summed E-state index contributed by atoms with van der Waals surface area (Å²) in [7, 11) is 0. The van der Waals surface area contributed by atoms with E-state index in [9.17, 15) is 5.11 Å². The average Bonchev–Trinajstić information content (AvgIpc) is 2.33. The zero-order valence-corrected chi connectivity index (χ0v) is 12.9. The Bertz CT molecular complexity index is 237. The fourth-order valence-electron chi connectivity index (χ4n) is 2.08. The molecule has 0 rings (SSSR count). The van der Waals surface area contributed by atoms with Crippen LogP contribution in [-0.4, -0.2) is 29.3 Å². The van der Waals surface area contributed by atoms with Gasteiger partial charge in [-0.3, -0.25) is 0 Å². The predicted octanol–water partition coefficient (Wildman–Crippen LogP) is 3.22. The number of nitrogens with one attached hydrogen (secondary N) is 1. The second-order valence-corrected chi connectivity index (χ2v) is 5.74. The van der Waals surface area contributed by atoms with Crippen LogP contribution >= 0.6 is 0 Å². The number of rotatable bonds is 12. The van der Waals surface area contributed by atoms with E-state index in [1.807, 2.05) is 0 Å². The zero-order chi connectivity index (χ0) is 14.7. The van der Waals surface area contributed by atoms with Gasteiger partial charge in [-0.25, -0.2) is 0 Å². The lowest BCUT2D eigenvalue weighted by atomic mass is 10.0. The fraction of sp³-hybridized carbons (Fsp3) is 0.933. The normalized spacial score (nSPS) is 13.5. The molecule has 0 spiro atoms. The van der Waals surface area contributed by atoms with Crippen molar-refractivity contribution in [3.63, 3.8) is 0 Å². The van der Waals surface area contributed by atoms with Crippen LogP contribution in [-0.2, 0) is 4.74 Å². The summed E-state index contributed by atoms with van der Waals surface area (Å²) < 4.78 is 5.66. The quantitative estimate of drug-likeness (QED) is 0.290. The van der Waals surface area contributed by atoms with Crippen LogP contribution in [0.25, 0.3) is 0 Å². The molecular formula is C15H32N2O2. The molecule has 4 N–H and O–H groups in total. The van der Waals surface area contributed by atoms with Gasteiger partial charge in [0.2, 0.25) is 0 Å². The van der Waals surface area contributed by atoms with Crippen LogP contribution < -0.4 is 5.73 Å².